The van der Waals surface area contributed by atoms with Crippen LogP contribution >= 0.6 is 12.4 Å². The molecule has 1 heterocycles. The van der Waals surface area contributed by atoms with Gasteiger partial charge in [-0.25, -0.2) is 0 Å². The lowest BCUT2D eigenvalue weighted by molar-refractivity contribution is -0.116. The number of carbonyl (C=O) groups excluding carboxylic acids is 1. The third-order valence-corrected chi connectivity index (χ3v) is 4.23. The molecular formula is C18H29ClN2O3. The van der Waals surface area contributed by atoms with E-state index in [2.05, 4.69) is 24.1 Å². The molecule has 0 radical (unpaired) electrons. The summed E-state index contributed by atoms with van der Waals surface area (Å²) in [6.07, 6.45) is 1.78. The van der Waals surface area contributed by atoms with Crippen molar-refractivity contribution in [2.24, 2.45) is 11.8 Å². The Morgan fingerprint density at radius 3 is 2.17 bits per heavy atom. The lowest BCUT2D eigenvalue weighted by atomic mass is 9.92. The molecule has 0 saturated carbocycles. The SMILES string of the molecule is COc1cc(NC(=O)CCN2CC(C)CC(C)C2)cc(OC)c1.Cl. The standard InChI is InChI=1S/C18H28N2O3.ClH/c1-13-7-14(2)12-20(11-13)6-5-18(21)19-15-8-16(22-3)10-17(9-15)23-4;/h8-10,13-14H,5-7,11-12H2,1-4H3,(H,19,21);1H. The van der Waals surface area contributed by atoms with E-state index in [0.29, 0.717) is 35.4 Å². The largest absolute Gasteiger partial charge is 0.497 e. The predicted octanol–water partition coefficient (Wildman–Crippen LogP) is 3.43. The summed E-state index contributed by atoms with van der Waals surface area (Å²) in [7, 11) is 3.19. The van der Waals surface area contributed by atoms with Crippen molar-refractivity contribution in [2.75, 3.05) is 39.2 Å². The Morgan fingerprint density at radius 2 is 1.67 bits per heavy atom. The number of hydrogen-bond donors (Lipinski definition) is 1. The molecule has 1 aliphatic rings. The highest BCUT2D eigenvalue weighted by molar-refractivity contribution is 5.91. The van der Waals surface area contributed by atoms with Crippen LogP contribution in [-0.2, 0) is 4.79 Å². The molecule has 2 rings (SSSR count). The molecule has 0 aliphatic carbocycles. The first kappa shape index (κ1) is 20.6. The van der Waals surface area contributed by atoms with Crippen LogP contribution in [-0.4, -0.2) is 44.7 Å². The van der Waals surface area contributed by atoms with Crippen LogP contribution < -0.4 is 14.8 Å². The second-order valence-electron chi connectivity index (χ2n) is 6.61. The van der Waals surface area contributed by atoms with Gasteiger partial charge in [-0.1, -0.05) is 13.8 Å². The highest BCUT2D eigenvalue weighted by atomic mass is 35.5. The van der Waals surface area contributed by atoms with Gasteiger partial charge in [0.15, 0.2) is 0 Å². The normalized spacial score (nSPS) is 20.8. The number of rotatable bonds is 6. The Labute approximate surface area is 151 Å². The number of methoxy groups -OCH3 is 2. The van der Waals surface area contributed by atoms with Crippen LogP contribution in [0.3, 0.4) is 0 Å². The zero-order valence-corrected chi connectivity index (χ0v) is 15.8. The highest BCUT2D eigenvalue weighted by Gasteiger charge is 2.21. The van der Waals surface area contributed by atoms with E-state index >= 15 is 0 Å². The molecule has 1 aromatic carbocycles. The summed E-state index contributed by atoms with van der Waals surface area (Å²) in [6, 6.07) is 5.38. The first-order valence-corrected chi connectivity index (χ1v) is 8.25. The maximum Gasteiger partial charge on any atom is 0.225 e. The maximum atomic E-state index is 12.2. The van der Waals surface area contributed by atoms with Gasteiger partial charge in [-0.15, -0.1) is 12.4 Å². The van der Waals surface area contributed by atoms with Gasteiger partial charge in [0.2, 0.25) is 5.91 Å². The number of ether oxygens (including phenoxy) is 2. The summed E-state index contributed by atoms with van der Waals surface area (Å²) >= 11 is 0. The van der Waals surface area contributed by atoms with E-state index in [1.807, 2.05) is 0 Å². The molecule has 2 unspecified atom stereocenters. The van der Waals surface area contributed by atoms with Crippen LogP contribution in [0.5, 0.6) is 11.5 Å². The van der Waals surface area contributed by atoms with Gasteiger partial charge in [0.05, 0.1) is 14.2 Å². The Kier molecular flexibility index (Phi) is 8.36. The third kappa shape index (κ3) is 6.21. The lowest BCUT2D eigenvalue weighted by Gasteiger charge is -2.34. The number of likely N-dealkylation sites (tertiary alicyclic amines) is 1. The minimum atomic E-state index is 0. The molecule has 24 heavy (non-hydrogen) atoms. The summed E-state index contributed by atoms with van der Waals surface area (Å²) in [5.41, 5.74) is 0.701. The zero-order chi connectivity index (χ0) is 16.8. The van der Waals surface area contributed by atoms with Crippen LogP contribution in [0.2, 0.25) is 0 Å². The average molecular weight is 357 g/mol. The van der Waals surface area contributed by atoms with Crippen molar-refractivity contribution in [3.8, 4) is 11.5 Å². The molecule has 2 atom stereocenters. The Hall–Kier alpha value is -1.46. The van der Waals surface area contributed by atoms with E-state index in [1.165, 1.54) is 6.42 Å². The van der Waals surface area contributed by atoms with E-state index in [1.54, 1.807) is 32.4 Å². The van der Waals surface area contributed by atoms with Crippen molar-refractivity contribution < 1.29 is 14.3 Å². The lowest BCUT2D eigenvalue weighted by Crippen LogP contribution is -2.40. The fraction of sp³-hybridized carbons (Fsp3) is 0.611. The van der Waals surface area contributed by atoms with Crippen LogP contribution in [0, 0.1) is 11.8 Å². The number of carbonyl (C=O) groups is 1. The molecule has 136 valence electrons. The summed E-state index contributed by atoms with van der Waals surface area (Å²) in [4.78, 5) is 14.6. The predicted molar refractivity (Wildman–Crippen MR) is 99.4 cm³/mol. The van der Waals surface area contributed by atoms with E-state index in [-0.39, 0.29) is 18.3 Å². The van der Waals surface area contributed by atoms with Crippen molar-refractivity contribution in [3.05, 3.63) is 18.2 Å². The van der Waals surface area contributed by atoms with Crippen molar-refractivity contribution >= 4 is 24.0 Å². The molecule has 0 spiro atoms. The molecule has 1 aliphatic heterocycles. The summed E-state index contributed by atoms with van der Waals surface area (Å²) in [5, 5.41) is 2.93. The Balaban J connectivity index is 0.00000288. The molecule has 5 nitrogen and oxygen atoms in total. The average Bonchev–Trinajstić information content (AvgIpc) is 2.51. The van der Waals surface area contributed by atoms with E-state index in [0.717, 1.165) is 19.6 Å². The Morgan fingerprint density at radius 1 is 1.12 bits per heavy atom. The molecule has 6 heteroatoms. The number of hydrogen-bond acceptors (Lipinski definition) is 4. The first-order chi connectivity index (χ1) is 11.0. The molecule has 1 saturated heterocycles. The van der Waals surface area contributed by atoms with Crippen molar-refractivity contribution in [1.29, 1.82) is 0 Å². The molecule has 0 bridgehead atoms. The number of anilines is 1. The van der Waals surface area contributed by atoms with E-state index < -0.39 is 0 Å². The second kappa shape index (κ2) is 9.74. The fourth-order valence-corrected chi connectivity index (χ4v) is 3.34. The Bertz CT molecular complexity index is 507. The van der Waals surface area contributed by atoms with Crippen molar-refractivity contribution in [1.82, 2.24) is 4.90 Å². The summed E-state index contributed by atoms with van der Waals surface area (Å²) in [6.45, 7) is 7.55. The fourth-order valence-electron chi connectivity index (χ4n) is 3.34. The van der Waals surface area contributed by atoms with Crippen LogP contribution in [0.15, 0.2) is 18.2 Å². The van der Waals surface area contributed by atoms with Gasteiger partial charge in [0, 0.05) is 49.9 Å². The number of amides is 1. The van der Waals surface area contributed by atoms with Gasteiger partial charge in [0.25, 0.3) is 0 Å². The van der Waals surface area contributed by atoms with Crippen molar-refractivity contribution in [2.45, 2.75) is 26.7 Å². The maximum absolute atomic E-state index is 12.2. The van der Waals surface area contributed by atoms with E-state index in [9.17, 15) is 4.79 Å². The number of benzene rings is 1. The molecule has 1 fully saturated rings. The van der Waals surface area contributed by atoms with Gasteiger partial charge < -0.3 is 19.7 Å². The van der Waals surface area contributed by atoms with Crippen LogP contribution in [0.25, 0.3) is 0 Å². The number of halogens is 1. The van der Waals surface area contributed by atoms with Crippen LogP contribution in [0.1, 0.15) is 26.7 Å². The topological polar surface area (TPSA) is 50.8 Å². The molecule has 0 aromatic heterocycles. The third-order valence-electron chi connectivity index (χ3n) is 4.23. The van der Waals surface area contributed by atoms with Gasteiger partial charge in [0.1, 0.15) is 11.5 Å². The second-order valence-corrected chi connectivity index (χ2v) is 6.61. The quantitative estimate of drug-likeness (QED) is 0.848. The summed E-state index contributed by atoms with van der Waals surface area (Å²) < 4.78 is 10.4. The molecular weight excluding hydrogens is 328 g/mol. The molecule has 1 N–H and O–H groups in total. The zero-order valence-electron chi connectivity index (χ0n) is 15.0. The number of nitrogens with one attached hydrogen (secondary N) is 1. The monoisotopic (exact) mass is 356 g/mol. The van der Waals surface area contributed by atoms with Crippen molar-refractivity contribution in [3.63, 3.8) is 0 Å². The minimum Gasteiger partial charge on any atom is -0.497 e. The number of nitrogens with zero attached hydrogens (tertiary/aromatic N) is 1. The van der Waals surface area contributed by atoms with Gasteiger partial charge in [-0.2, -0.15) is 0 Å². The van der Waals surface area contributed by atoms with Gasteiger partial charge in [-0.05, 0) is 18.3 Å². The van der Waals surface area contributed by atoms with Crippen LogP contribution in [0.4, 0.5) is 5.69 Å². The van der Waals surface area contributed by atoms with Gasteiger partial charge >= 0.3 is 0 Å². The van der Waals surface area contributed by atoms with Gasteiger partial charge in [-0.3, -0.25) is 4.79 Å². The minimum absolute atomic E-state index is 0. The smallest absolute Gasteiger partial charge is 0.225 e. The molecule has 1 aromatic rings. The summed E-state index contributed by atoms with van der Waals surface area (Å²) in [5.74, 6) is 2.77. The number of piperidine rings is 1. The molecule has 1 amide bonds. The first-order valence-electron chi connectivity index (χ1n) is 8.25. The van der Waals surface area contributed by atoms with E-state index in [4.69, 9.17) is 9.47 Å². The highest BCUT2D eigenvalue weighted by Crippen LogP contribution is 2.26.